The molecule has 34 heteroatoms. The highest BCUT2D eigenvalue weighted by Crippen LogP contribution is 2.48. The number of hydrogen-bond acceptors (Lipinski definition) is 18. The molecule has 8 amide bonds. The van der Waals surface area contributed by atoms with Crippen LogP contribution in [0.2, 0.25) is 0 Å². The van der Waals surface area contributed by atoms with Crippen molar-refractivity contribution in [3.63, 3.8) is 0 Å². The van der Waals surface area contributed by atoms with E-state index in [0.717, 1.165) is 29.6 Å². The van der Waals surface area contributed by atoms with Crippen LogP contribution in [-0.4, -0.2) is 139 Å². The predicted molar refractivity (Wildman–Crippen MR) is 363 cm³/mol. The number of rotatable bonds is 30. The van der Waals surface area contributed by atoms with Gasteiger partial charge in [-0.25, -0.2) is 9.59 Å². The van der Waals surface area contributed by atoms with Crippen LogP contribution in [0, 0.1) is 10.8 Å². The molecule has 2 heterocycles. The molecule has 0 aromatic heterocycles. The van der Waals surface area contributed by atoms with Gasteiger partial charge in [0.25, 0.3) is 11.8 Å². The van der Waals surface area contributed by atoms with E-state index < -0.39 is 107 Å². The Morgan fingerprint density at radius 3 is 1.30 bits per heavy atom. The Morgan fingerprint density at radius 2 is 0.949 bits per heavy atom. The lowest BCUT2D eigenvalue weighted by Crippen LogP contribution is -2.44. The minimum atomic E-state index is -3.95. The van der Waals surface area contributed by atoms with E-state index in [1.807, 2.05) is 6.07 Å². The number of urea groups is 2. The summed E-state index contributed by atoms with van der Waals surface area (Å²) >= 11 is 0. The number of carbonyl (C=O) groups excluding carboxylic acids is 6. The molecule has 528 valence electrons. The molecule has 7 atom stereocenters. The Bertz CT molecular complexity index is 3900. The summed E-state index contributed by atoms with van der Waals surface area (Å²) in [4.78, 5) is 132. The fourth-order valence-corrected chi connectivity index (χ4v) is 13.3. The van der Waals surface area contributed by atoms with E-state index in [-0.39, 0.29) is 62.8 Å². The first-order valence-corrected chi connectivity index (χ1v) is 35.5. The molecule has 17 N–H and O–H groups in total. The van der Waals surface area contributed by atoms with E-state index in [9.17, 15) is 76.9 Å². The number of carboxylic acid groups (broad SMARTS) is 2. The third-order valence-corrected chi connectivity index (χ3v) is 19.5. The predicted octanol–water partition coefficient (Wildman–Crippen LogP) is 6.25. The van der Waals surface area contributed by atoms with Crippen molar-refractivity contribution in [3.8, 4) is 0 Å². The molecule has 2 aliphatic heterocycles. The zero-order chi connectivity index (χ0) is 73.2. The first-order chi connectivity index (χ1) is 46.5. The molecule has 2 aliphatic rings. The van der Waals surface area contributed by atoms with Gasteiger partial charge in [-0.05, 0) is 77.4 Å². The second-order valence-electron chi connectivity index (χ2n) is 23.2. The minimum absolute atomic E-state index is 0.0607. The Hall–Kier alpha value is -9.77. The van der Waals surface area contributed by atoms with Crippen LogP contribution in [0.4, 0.5) is 15.3 Å². The number of benzene rings is 6. The molecule has 7 unspecified atom stereocenters. The third-order valence-electron chi connectivity index (χ3n) is 15.5. The topological polar surface area (TPSA) is 500 Å². The number of carbonyl (C=O) groups is 8. The summed E-state index contributed by atoms with van der Waals surface area (Å²) in [5.41, 5.74) is 19.8. The quantitative estimate of drug-likeness (QED) is 0.00778. The number of amides is 8. The van der Waals surface area contributed by atoms with Gasteiger partial charge in [-0.2, -0.15) is 0 Å². The molecule has 0 radical (unpaired) electrons. The summed E-state index contributed by atoms with van der Waals surface area (Å²) in [7, 11) is -9.55. The van der Waals surface area contributed by atoms with Crippen LogP contribution in [0.25, 0.3) is 0 Å². The molecule has 2 fully saturated rings. The van der Waals surface area contributed by atoms with Gasteiger partial charge >= 0.3 is 46.8 Å². The lowest BCUT2D eigenvalue weighted by molar-refractivity contribution is -0.139. The molecular formula is C65H79N12O19P3. The fourth-order valence-electron chi connectivity index (χ4n) is 10.6. The highest BCUT2D eigenvalue weighted by molar-refractivity contribution is 7.52. The van der Waals surface area contributed by atoms with Crippen LogP contribution in [0.1, 0.15) is 101 Å². The van der Waals surface area contributed by atoms with Crippen LogP contribution in [-0.2, 0) is 92.5 Å². The van der Waals surface area contributed by atoms with E-state index in [4.69, 9.17) is 32.5 Å². The van der Waals surface area contributed by atoms with Crippen molar-refractivity contribution in [2.24, 2.45) is 11.5 Å². The van der Waals surface area contributed by atoms with E-state index in [1.165, 1.54) is 19.9 Å². The lowest BCUT2D eigenvalue weighted by Gasteiger charge is -2.25. The number of nitrogen functional groups attached to an aromatic ring is 3. The summed E-state index contributed by atoms with van der Waals surface area (Å²) in [5, 5.41) is 43.6. The van der Waals surface area contributed by atoms with Crippen LogP contribution in [0.3, 0.4) is 0 Å². The van der Waals surface area contributed by atoms with E-state index in [0.29, 0.717) is 55.8 Å². The van der Waals surface area contributed by atoms with Crippen LogP contribution < -0.4 is 38.5 Å². The lowest BCUT2D eigenvalue weighted by atomic mass is 9.91. The fraction of sp³-hybridized carbons (Fsp3) is 0.292. The molecule has 0 aliphatic carbocycles. The first kappa shape index (κ1) is 78.2. The van der Waals surface area contributed by atoms with Crippen LogP contribution in [0.15, 0.2) is 152 Å². The van der Waals surface area contributed by atoms with Gasteiger partial charge in [0.1, 0.15) is 42.1 Å². The Kier molecular flexibility index (Phi) is 27.0. The first-order valence-electron chi connectivity index (χ1n) is 30.2. The molecule has 31 nitrogen and oxygen atoms in total. The molecule has 0 spiro atoms. The largest absolute Gasteiger partial charge is 0.481 e. The summed E-state index contributed by atoms with van der Waals surface area (Å²) in [6, 6.07) is 38.5. The Morgan fingerprint density at radius 1 is 0.566 bits per heavy atom. The Balaban J connectivity index is 0.000000234. The van der Waals surface area contributed by atoms with Crippen molar-refractivity contribution < 1.29 is 90.5 Å². The van der Waals surface area contributed by atoms with Crippen molar-refractivity contribution in [2.75, 3.05) is 45.9 Å². The van der Waals surface area contributed by atoms with Gasteiger partial charge in [-0.3, -0.25) is 68.0 Å². The number of aliphatic carboxylic acids is 2. The molecule has 8 rings (SSSR count). The van der Waals surface area contributed by atoms with Gasteiger partial charge in [-0.1, -0.05) is 140 Å². The van der Waals surface area contributed by atoms with Gasteiger partial charge < -0.3 is 76.9 Å². The van der Waals surface area contributed by atoms with Gasteiger partial charge in [0.15, 0.2) is 0 Å². The smallest absolute Gasteiger partial charge is 0.342 e. The van der Waals surface area contributed by atoms with Crippen molar-refractivity contribution in [2.45, 2.75) is 82.2 Å². The maximum atomic E-state index is 13.0. The van der Waals surface area contributed by atoms with Crippen molar-refractivity contribution in [3.05, 3.63) is 207 Å². The second kappa shape index (κ2) is 34.1. The monoisotopic (exact) mass is 1420 g/mol. The zero-order valence-corrected chi connectivity index (χ0v) is 57.2. The molecule has 0 saturated carbocycles. The van der Waals surface area contributed by atoms with E-state index in [1.54, 1.807) is 151 Å². The van der Waals surface area contributed by atoms with Crippen molar-refractivity contribution >= 4 is 87.8 Å². The zero-order valence-electron chi connectivity index (χ0n) is 54.5. The average Bonchev–Trinajstić information content (AvgIpc) is 1.63. The third kappa shape index (κ3) is 22.4. The summed E-state index contributed by atoms with van der Waals surface area (Å²) in [5.74, 6) is -5.04. The van der Waals surface area contributed by atoms with Crippen LogP contribution in [0.5, 0.6) is 0 Å². The molecule has 99 heavy (non-hydrogen) atoms. The van der Waals surface area contributed by atoms with E-state index >= 15 is 0 Å². The van der Waals surface area contributed by atoms with Crippen molar-refractivity contribution in [1.29, 1.82) is 10.8 Å². The molecule has 2 saturated heterocycles. The Labute approximate surface area is 569 Å². The number of carboxylic acids is 2. The minimum Gasteiger partial charge on any atom is -0.481 e. The number of nitrogens with one attached hydrogen (secondary N) is 6. The normalized spacial score (nSPS) is 18.1. The van der Waals surface area contributed by atoms with Gasteiger partial charge in [-0.15, -0.1) is 0 Å². The summed E-state index contributed by atoms with van der Waals surface area (Å²) in [6.07, 6.45) is -1.63. The molecule has 6 aromatic carbocycles. The second-order valence-corrected chi connectivity index (χ2v) is 28.9. The average molecular weight is 1430 g/mol. The van der Waals surface area contributed by atoms with Gasteiger partial charge in [0, 0.05) is 44.1 Å². The standard InChI is InChI=1S/2C22H23N5O5.C21H33N2O9P3/c2*1-22(15-9-7-14(8-10-15)19(23)24)20(31)27(21(32)26-22)12-17(28)25-16(11-18(29)30)13-5-3-2-4-6-13;1-4-32-35(28,29)16-23(12-17-6-5-7-21(22)11-17)13-18-8-19(14-33(24,25)30-2)10-20(9-18)15-34(26,27)31-3/h2*2-10,16H,11-12H2,1H3,(H3,23,24)(H,25,28)(H,26,32)(H,29,30);5-11H,4,12-16,22H2,1-3H3,(H,24,25)(H,26,27)(H,28,29). The van der Waals surface area contributed by atoms with Crippen molar-refractivity contribution in [1.82, 2.24) is 36.0 Å². The number of nitrogens with zero attached hydrogens (tertiary/aromatic N) is 3. The highest BCUT2D eigenvalue weighted by atomic mass is 31.2. The summed E-state index contributed by atoms with van der Waals surface area (Å²) in [6.45, 7) is 3.99. The maximum absolute atomic E-state index is 13.0. The maximum Gasteiger partial charge on any atom is 0.342 e. The summed E-state index contributed by atoms with van der Waals surface area (Å²) < 4.78 is 51.3. The molecule has 6 aromatic rings. The van der Waals surface area contributed by atoms with Gasteiger partial charge in [0.2, 0.25) is 11.8 Å². The number of anilines is 1. The van der Waals surface area contributed by atoms with Gasteiger partial charge in [0.05, 0.1) is 43.9 Å². The number of nitrogens with two attached hydrogens (primary N) is 3. The molecule has 0 bridgehead atoms. The molecular weight excluding hydrogens is 1350 g/mol. The number of amidine groups is 2. The number of hydrogen-bond donors (Lipinski definition) is 14. The van der Waals surface area contributed by atoms with E-state index in [2.05, 4.69) is 30.3 Å². The van der Waals surface area contributed by atoms with Crippen LogP contribution >= 0.6 is 22.8 Å². The SMILES string of the molecule is CC1(c2ccc(C(=N)N)cc2)NC(=O)N(CC(=O)NC(CC(=O)O)c2ccccc2)C1=O.CC1(c2ccc(C(=N)N)cc2)NC(=O)N(CC(=O)NC(CC(=O)O)c2ccccc2)C1=O.CCOP(=O)(O)CN(Cc1cccc(N)c1)Cc1cc(CP(=O)(O)OC)cc(CP(=O)(O)OC)c1. The highest BCUT2D eigenvalue weighted by Gasteiger charge is 2.51. The number of imide groups is 2.